The molecule has 0 unspecified atom stereocenters. The van der Waals surface area contributed by atoms with E-state index in [4.69, 9.17) is 10.00 Å². The number of rotatable bonds is 2. The highest BCUT2D eigenvalue weighted by atomic mass is 32.1. The summed E-state index contributed by atoms with van der Waals surface area (Å²) in [5.41, 5.74) is -0.0817. The average molecular weight is 261 g/mol. The predicted molar refractivity (Wildman–Crippen MR) is 65.1 cm³/mol. The van der Waals surface area contributed by atoms with Crippen LogP contribution in [-0.2, 0) is 0 Å². The Hall–Kier alpha value is -2.19. The molecule has 0 bridgehead atoms. The van der Waals surface area contributed by atoms with E-state index < -0.39 is 11.8 Å². The van der Waals surface area contributed by atoms with Crippen LogP contribution in [-0.4, -0.2) is 5.97 Å². The van der Waals surface area contributed by atoms with E-state index in [1.807, 2.05) is 6.92 Å². The summed E-state index contributed by atoms with van der Waals surface area (Å²) in [4.78, 5) is 13.1. The highest BCUT2D eigenvalue weighted by molar-refractivity contribution is 7.13. The normalized spacial score (nSPS) is 9.83. The van der Waals surface area contributed by atoms with E-state index in [-0.39, 0.29) is 11.3 Å². The molecule has 0 N–H and O–H groups in total. The molecule has 1 aromatic carbocycles. The van der Waals surface area contributed by atoms with Crippen LogP contribution in [0.4, 0.5) is 4.39 Å². The van der Waals surface area contributed by atoms with Crippen molar-refractivity contribution in [3.63, 3.8) is 0 Å². The lowest BCUT2D eigenvalue weighted by Crippen LogP contribution is -2.06. The second-order valence-corrected chi connectivity index (χ2v) is 4.84. The molecular weight excluding hydrogens is 253 g/mol. The van der Waals surface area contributed by atoms with E-state index in [1.54, 1.807) is 18.2 Å². The highest BCUT2D eigenvalue weighted by Gasteiger charge is 2.12. The van der Waals surface area contributed by atoms with Crippen molar-refractivity contribution >= 4 is 17.3 Å². The Kier molecular flexibility index (Phi) is 3.40. The van der Waals surface area contributed by atoms with E-state index in [0.717, 1.165) is 10.9 Å². The number of thiophene rings is 1. The lowest BCUT2D eigenvalue weighted by Gasteiger charge is -2.03. The summed E-state index contributed by atoms with van der Waals surface area (Å²) in [6.45, 7) is 1.88. The first-order valence-corrected chi connectivity index (χ1v) is 5.90. The van der Waals surface area contributed by atoms with Gasteiger partial charge in [0.25, 0.3) is 0 Å². The number of halogens is 1. The molecule has 0 aliphatic heterocycles. The van der Waals surface area contributed by atoms with Crippen molar-refractivity contribution in [3.8, 4) is 11.8 Å². The van der Waals surface area contributed by atoms with Crippen molar-refractivity contribution in [1.29, 1.82) is 5.26 Å². The van der Waals surface area contributed by atoms with E-state index in [2.05, 4.69) is 0 Å². The molecule has 1 heterocycles. The van der Waals surface area contributed by atoms with Gasteiger partial charge in [0, 0.05) is 10.9 Å². The minimum atomic E-state index is -0.704. The number of aryl methyl sites for hydroxylation is 1. The molecule has 5 heteroatoms. The minimum absolute atomic E-state index is 0.0817. The van der Waals surface area contributed by atoms with Gasteiger partial charge in [-0.05, 0) is 31.2 Å². The van der Waals surface area contributed by atoms with Crippen LogP contribution in [0.3, 0.4) is 0 Å². The summed E-state index contributed by atoms with van der Waals surface area (Å²) < 4.78 is 18.3. The van der Waals surface area contributed by atoms with Crippen molar-refractivity contribution < 1.29 is 13.9 Å². The average Bonchev–Trinajstić information content (AvgIpc) is 2.76. The molecule has 90 valence electrons. The van der Waals surface area contributed by atoms with Gasteiger partial charge in [0.15, 0.2) is 0 Å². The molecule has 3 nitrogen and oxygen atoms in total. The second kappa shape index (κ2) is 4.98. The van der Waals surface area contributed by atoms with Crippen LogP contribution in [0.25, 0.3) is 0 Å². The van der Waals surface area contributed by atoms with Gasteiger partial charge in [0.05, 0.1) is 5.56 Å². The van der Waals surface area contributed by atoms with Crippen molar-refractivity contribution in [2.45, 2.75) is 6.92 Å². The van der Waals surface area contributed by atoms with Gasteiger partial charge < -0.3 is 4.74 Å². The van der Waals surface area contributed by atoms with E-state index >= 15 is 0 Å². The predicted octanol–water partition coefficient (Wildman–Crippen LogP) is 3.29. The lowest BCUT2D eigenvalue weighted by molar-refractivity contribution is 0.0739. The summed E-state index contributed by atoms with van der Waals surface area (Å²) in [6.07, 6.45) is 0. The summed E-state index contributed by atoms with van der Waals surface area (Å²) >= 11 is 1.31. The number of hydrogen-bond acceptors (Lipinski definition) is 4. The van der Waals surface area contributed by atoms with Crippen LogP contribution >= 0.6 is 11.3 Å². The van der Waals surface area contributed by atoms with Gasteiger partial charge in [0.2, 0.25) is 0 Å². The van der Waals surface area contributed by atoms with E-state index in [0.29, 0.717) is 4.88 Å². The van der Waals surface area contributed by atoms with E-state index in [9.17, 15) is 9.18 Å². The maximum atomic E-state index is 13.3. The molecule has 0 saturated heterocycles. The first-order valence-electron chi connectivity index (χ1n) is 5.08. The lowest BCUT2D eigenvalue weighted by atomic mass is 10.2. The van der Waals surface area contributed by atoms with Crippen molar-refractivity contribution in [2.24, 2.45) is 0 Å². The molecule has 18 heavy (non-hydrogen) atoms. The Morgan fingerprint density at radius 2 is 2.17 bits per heavy atom. The number of nitrogens with zero attached hydrogens (tertiary/aromatic N) is 1. The Bertz CT molecular complexity index is 643. The number of hydrogen-bond donors (Lipinski definition) is 0. The number of benzene rings is 1. The van der Waals surface area contributed by atoms with Crippen molar-refractivity contribution in [3.05, 3.63) is 51.5 Å². The maximum absolute atomic E-state index is 13.3. The topological polar surface area (TPSA) is 50.1 Å². The molecule has 0 amide bonds. The summed E-state index contributed by atoms with van der Waals surface area (Å²) in [5.74, 6) is -1.15. The Morgan fingerprint density at radius 3 is 2.72 bits per heavy atom. The third-order valence-corrected chi connectivity index (χ3v) is 3.19. The summed E-state index contributed by atoms with van der Waals surface area (Å²) in [5, 5.41) is 8.58. The Labute approximate surface area is 107 Å². The molecule has 0 aliphatic carbocycles. The summed E-state index contributed by atoms with van der Waals surface area (Å²) in [6, 6.07) is 8.85. The molecule has 0 saturated carbocycles. The van der Waals surface area contributed by atoms with Crippen LogP contribution in [0.2, 0.25) is 0 Å². The van der Waals surface area contributed by atoms with Gasteiger partial charge in [-0.25, -0.2) is 9.18 Å². The van der Waals surface area contributed by atoms with Gasteiger partial charge in [0.1, 0.15) is 22.5 Å². The zero-order valence-corrected chi connectivity index (χ0v) is 10.3. The molecular formula is C13H8FNO2S. The molecule has 2 aromatic rings. The van der Waals surface area contributed by atoms with E-state index in [1.165, 1.54) is 23.5 Å². The summed E-state index contributed by atoms with van der Waals surface area (Å²) in [7, 11) is 0. The number of carbonyl (C=O) groups is 1. The molecule has 0 aliphatic rings. The van der Waals surface area contributed by atoms with Gasteiger partial charge in [-0.3, -0.25) is 0 Å². The largest absolute Gasteiger partial charge is 0.422 e. The van der Waals surface area contributed by atoms with Gasteiger partial charge in [-0.1, -0.05) is 0 Å². The van der Waals surface area contributed by atoms with Crippen LogP contribution in [0.5, 0.6) is 5.75 Å². The molecule has 0 radical (unpaired) electrons. The molecule has 0 atom stereocenters. The fourth-order valence-corrected chi connectivity index (χ4v) is 2.10. The second-order valence-electron chi connectivity index (χ2n) is 3.55. The number of esters is 1. The third-order valence-electron chi connectivity index (χ3n) is 2.21. The first kappa shape index (κ1) is 12.3. The van der Waals surface area contributed by atoms with Gasteiger partial charge in [-0.15, -0.1) is 11.3 Å². The zero-order valence-electron chi connectivity index (χ0n) is 9.44. The molecule has 2 rings (SSSR count). The van der Waals surface area contributed by atoms with Gasteiger partial charge >= 0.3 is 5.97 Å². The monoisotopic (exact) mass is 261 g/mol. The van der Waals surface area contributed by atoms with Crippen molar-refractivity contribution in [2.75, 3.05) is 0 Å². The number of ether oxygens (including phenoxy) is 1. The first-order chi connectivity index (χ1) is 8.60. The van der Waals surface area contributed by atoms with Crippen LogP contribution in [0, 0.1) is 24.1 Å². The smallest absolute Gasteiger partial charge is 0.353 e. The fourth-order valence-electron chi connectivity index (χ4n) is 1.35. The number of carbonyl (C=O) groups excluding carboxylic acids is 1. The van der Waals surface area contributed by atoms with Crippen LogP contribution < -0.4 is 4.74 Å². The van der Waals surface area contributed by atoms with Crippen LogP contribution in [0.15, 0.2) is 30.3 Å². The third kappa shape index (κ3) is 2.55. The highest BCUT2D eigenvalue weighted by Crippen LogP contribution is 2.20. The fraction of sp³-hybridized carbons (Fsp3) is 0.0769. The Balaban J connectivity index is 2.17. The molecule has 1 aromatic heterocycles. The minimum Gasteiger partial charge on any atom is -0.422 e. The van der Waals surface area contributed by atoms with Gasteiger partial charge in [-0.2, -0.15) is 5.26 Å². The zero-order chi connectivity index (χ0) is 13.1. The molecule has 0 fully saturated rings. The SMILES string of the molecule is Cc1ccc(C(=O)Oc2ccc(C#N)c(F)c2)s1. The molecule has 0 spiro atoms. The standard InChI is InChI=1S/C13H8FNO2S/c1-8-2-5-12(18-8)13(16)17-10-4-3-9(7-15)11(14)6-10/h2-6H,1H3. The Morgan fingerprint density at radius 1 is 1.39 bits per heavy atom. The van der Waals surface area contributed by atoms with Crippen LogP contribution in [0.1, 0.15) is 20.1 Å². The number of nitriles is 1. The van der Waals surface area contributed by atoms with Crippen molar-refractivity contribution in [1.82, 2.24) is 0 Å². The maximum Gasteiger partial charge on any atom is 0.353 e. The quantitative estimate of drug-likeness (QED) is 0.615.